The number of ether oxygens (including phenoxy) is 2. The van der Waals surface area contributed by atoms with Crippen molar-refractivity contribution in [1.82, 2.24) is 0 Å². The molecule has 0 aromatic heterocycles. The van der Waals surface area contributed by atoms with Gasteiger partial charge in [0.15, 0.2) is 6.10 Å². The molecule has 13 heavy (non-hydrogen) atoms. The van der Waals surface area contributed by atoms with Gasteiger partial charge in [0.2, 0.25) is 0 Å². The maximum absolute atomic E-state index is 11.3. The highest BCUT2D eigenvalue weighted by atomic mass is 16.5. The molecule has 0 aromatic rings. The summed E-state index contributed by atoms with van der Waals surface area (Å²) in [4.78, 5) is 11.3. The number of hydrogen-bond donors (Lipinski definition) is 0. The predicted molar refractivity (Wildman–Crippen MR) is 44.7 cm³/mol. The average Bonchev–Trinajstić information content (AvgIpc) is 2.51. The van der Waals surface area contributed by atoms with Gasteiger partial charge in [-0.05, 0) is 20.3 Å². The Bertz CT molecular complexity index is 234. The highest BCUT2D eigenvalue weighted by molar-refractivity contribution is 5.73. The maximum Gasteiger partial charge on any atom is 0.312 e. The Kier molecular flexibility index (Phi) is 3.26. The fraction of sp³-hybridized carbons (Fsp3) is 0.778. The van der Waals surface area contributed by atoms with Crippen molar-refractivity contribution in [2.24, 2.45) is 5.92 Å². The highest BCUT2D eigenvalue weighted by Gasteiger charge is 2.30. The topological polar surface area (TPSA) is 59.3 Å². The lowest BCUT2D eigenvalue weighted by atomic mass is 10.1. The van der Waals surface area contributed by atoms with Gasteiger partial charge in [-0.3, -0.25) is 4.79 Å². The summed E-state index contributed by atoms with van der Waals surface area (Å²) in [5, 5.41) is 8.42. The van der Waals surface area contributed by atoms with E-state index in [2.05, 4.69) is 0 Å². The van der Waals surface area contributed by atoms with E-state index in [0.29, 0.717) is 13.0 Å². The maximum atomic E-state index is 11.3. The van der Waals surface area contributed by atoms with Crippen LogP contribution in [0.1, 0.15) is 20.3 Å². The summed E-state index contributed by atoms with van der Waals surface area (Å²) < 4.78 is 10.1. The molecular formula is C9H13NO3. The van der Waals surface area contributed by atoms with Crippen LogP contribution in [0.4, 0.5) is 0 Å². The molecule has 0 aliphatic carbocycles. The highest BCUT2D eigenvalue weighted by Crippen LogP contribution is 2.20. The van der Waals surface area contributed by atoms with Gasteiger partial charge in [0.1, 0.15) is 6.07 Å². The smallest absolute Gasteiger partial charge is 0.312 e. The minimum atomic E-state index is -0.664. The molecule has 1 aliphatic heterocycles. The van der Waals surface area contributed by atoms with E-state index < -0.39 is 6.10 Å². The van der Waals surface area contributed by atoms with Crippen LogP contribution >= 0.6 is 0 Å². The second-order valence-electron chi connectivity index (χ2n) is 3.28. The van der Waals surface area contributed by atoms with E-state index in [4.69, 9.17) is 14.7 Å². The number of carbonyl (C=O) groups is 1. The third kappa shape index (κ3) is 2.71. The Morgan fingerprint density at radius 1 is 1.77 bits per heavy atom. The van der Waals surface area contributed by atoms with Crippen LogP contribution in [0.2, 0.25) is 0 Å². The first-order valence-corrected chi connectivity index (χ1v) is 4.35. The third-order valence-corrected chi connectivity index (χ3v) is 2.01. The summed E-state index contributed by atoms with van der Waals surface area (Å²) in [6.45, 7) is 3.89. The second kappa shape index (κ2) is 4.24. The van der Waals surface area contributed by atoms with Crippen LogP contribution < -0.4 is 0 Å². The Balaban J connectivity index is 2.37. The molecule has 1 aliphatic rings. The van der Waals surface area contributed by atoms with Crippen molar-refractivity contribution in [3.63, 3.8) is 0 Å². The molecule has 4 nitrogen and oxygen atoms in total. The van der Waals surface area contributed by atoms with Crippen molar-refractivity contribution in [2.45, 2.75) is 32.5 Å². The monoisotopic (exact) mass is 183 g/mol. The lowest BCUT2D eigenvalue weighted by molar-refractivity contribution is -0.150. The van der Waals surface area contributed by atoms with Gasteiger partial charge < -0.3 is 9.47 Å². The molecule has 0 radical (unpaired) electrons. The summed E-state index contributed by atoms with van der Waals surface area (Å²) in [6, 6.07) is 1.85. The summed E-state index contributed by atoms with van der Waals surface area (Å²) in [5.74, 6) is -0.510. The molecule has 72 valence electrons. The van der Waals surface area contributed by atoms with Crippen LogP contribution in [-0.4, -0.2) is 24.8 Å². The fourth-order valence-corrected chi connectivity index (χ4v) is 1.28. The minimum absolute atomic E-state index is 0.120. The van der Waals surface area contributed by atoms with E-state index in [1.165, 1.54) is 0 Å². The zero-order chi connectivity index (χ0) is 9.84. The second-order valence-corrected chi connectivity index (χ2v) is 3.28. The number of esters is 1. The molecule has 4 heteroatoms. The Hall–Kier alpha value is -1.08. The Morgan fingerprint density at radius 3 is 2.92 bits per heavy atom. The molecular weight excluding hydrogens is 170 g/mol. The summed E-state index contributed by atoms with van der Waals surface area (Å²) >= 11 is 0. The molecule has 1 fully saturated rings. The lowest BCUT2D eigenvalue weighted by Crippen LogP contribution is -2.22. The molecule has 0 bridgehead atoms. The first-order valence-electron chi connectivity index (χ1n) is 4.35. The van der Waals surface area contributed by atoms with Crippen molar-refractivity contribution >= 4 is 5.97 Å². The zero-order valence-corrected chi connectivity index (χ0v) is 7.82. The van der Waals surface area contributed by atoms with E-state index >= 15 is 0 Å². The van der Waals surface area contributed by atoms with Crippen molar-refractivity contribution in [3.05, 3.63) is 0 Å². The van der Waals surface area contributed by atoms with Gasteiger partial charge in [0, 0.05) is 0 Å². The SMILES string of the molecule is CC(C#N)OC(=O)C1COC(C)C1. The average molecular weight is 183 g/mol. The quantitative estimate of drug-likeness (QED) is 0.596. The van der Waals surface area contributed by atoms with Gasteiger partial charge in [-0.25, -0.2) is 0 Å². The summed E-state index contributed by atoms with van der Waals surface area (Å²) in [5.41, 5.74) is 0. The lowest BCUT2D eigenvalue weighted by Gasteiger charge is -2.09. The van der Waals surface area contributed by atoms with Crippen molar-refractivity contribution < 1.29 is 14.3 Å². The van der Waals surface area contributed by atoms with Crippen LogP contribution in [0, 0.1) is 17.2 Å². The van der Waals surface area contributed by atoms with E-state index in [9.17, 15) is 4.79 Å². The van der Waals surface area contributed by atoms with Gasteiger partial charge in [0.05, 0.1) is 18.6 Å². The first kappa shape index (κ1) is 10.0. The number of nitriles is 1. The van der Waals surface area contributed by atoms with Gasteiger partial charge in [0.25, 0.3) is 0 Å². The predicted octanol–water partition coefficient (Wildman–Crippen LogP) is 0.867. The molecule has 1 rings (SSSR count). The molecule has 0 aromatic carbocycles. The zero-order valence-electron chi connectivity index (χ0n) is 7.82. The molecule has 0 saturated carbocycles. The van der Waals surface area contributed by atoms with E-state index in [1.54, 1.807) is 6.92 Å². The number of rotatable bonds is 2. The van der Waals surface area contributed by atoms with Crippen molar-refractivity contribution in [2.75, 3.05) is 6.61 Å². The van der Waals surface area contributed by atoms with Crippen LogP contribution in [0.25, 0.3) is 0 Å². The normalized spacial score (nSPS) is 29.3. The first-order chi connectivity index (χ1) is 6.13. The molecule has 1 heterocycles. The molecule has 0 spiro atoms. The number of hydrogen-bond acceptors (Lipinski definition) is 4. The molecule has 3 atom stereocenters. The van der Waals surface area contributed by atoms with Crippen LogP contribution in [0.3, 0.4) is 0 Å². The molecule has 1 saturated heterocycles. The standard InChI is InChI=1S/C9H13NO3/c1-6-3-8(5-12-6)9(11)13-7(2)4-10/h6-8H,3,5H2,1-2H3. The van der Waals surface area contributed by atoms with Crippen LogP contribution in [0.5, 0.6) is 0 Å². The minimum Gasteiger partial charge on any atom is -0.447 e. The molecule has 3 unspecified atom stereocenters. The van der Waals surface area contributed by atoms with Crippen LogP contribution in [0.15, 0.2) is 0 Å². The molecule has 0 amide bonds. The molecule has 0 N–H and O–H groups in total. The third-order valence-electron chi connectivity index (χ3n) is 2.01. The van der Waals surface area contributed by atoms with Gasteiger partial charge in [-0.2, -0.15) is 5.26 Å². The van der Waals surface area contributed by atoms with E-state index in [1.807, 2.05) is 13.0 Å². The Labute approximate surface area is 77.4 Å². The van der Waals surface area contributed by atoms with E-state index in [0.717, 1.165) is 0 Å². The number of nitrogens with zero attached hydrogens (tertiary/aromatic N) is 1. The van der Waals surface area contributed by atoms with Crippen molar-refractivity contribution in [1.29, 1.82) is 5.26 Å². The van der Waals surface area contributed by atoms with Crippen molar-refractivity contribution in [3.8, 4) is 6.07 Å². The fourth-order valence-electron chi connectivity index (χ4n) is 1.28. The van der Waals surface area contributed by atoms with Crippen LogP contribution in [-0.2, 0) is 14.3 Å². The summed E-state index contributed by atoms with van der Waals surface area (Å²) in [7, 11) is 0. The van der Waals surface area contributed by atoms with Gasteiger partial charge in [-0.1, -0.05) is 0 Å². The number of carbonyl (C=O) groups excluding carboxylic acids is 1. The summed E-state index contributed by atoms with van der Waals surface area (Å²) in [6.07, 6.45) is 0.148. The van der Waals surface area contributed by atoms with Gasteiger partial charge in [-0.15, -0.1) is 0 Å². The van der Waals surface area contributed by atoms with Gasteiger partial charge >= 0.3 is 5.97 Å². The largest absolute Gasteiger partial charge is 0.447 e. The van der Waals surface area contributed by atoms with E-state index in [-0.39, 0.29) is 18.0 Å². The Morgan fingerprint density at radius 2 is 2.46 bits per heavy atom.